The second-order valence-corrected chi connectivity index (χ2v) is 6.44. The van der Waals surface area contributed by atoms with Gasteiger partial charge in [-0.3, -0.25) is 4.79 Å². The fourth-order valence-corrected chi connectivity index (χ4v) is 2.83. The molecule has 1 aromatic carbocycles. The third kappa shape index (κ3) is 3.27. The molecular formula is C18H27NO3. The van der Waals surface area contributed by atoms with Crippen molar-refractivity contribution < 1.29 is 14.6 Å². The van der Waals surface area contributed by atoms with Crippen molar-refractivity contribution in [2.45, 2.75) is 53.1 Å². The molecule has 4 nitrogen and oxygen atoms in total. The average Bonchev–Trinajstić information content (AvgIpc) is 2.92. The topological polar surface area (TPSA) is 58.6 Å². The van der Waals surface area contributed by atoms with Crippen LogP contribution in [0.4, 0.5) is 0 Å². The molecule has 0 bridgehead atoms. The Kier molecular flexibility index (Phi) is 5.12. The van der Waals surface area contributed by atoms with Crippen molar-refractivity contribution in [1.29, 1.82) is 0 Å². The third-order valence-corrected chi connectivity index (χ3v) is 5.12. The molecule has 22 heavy (non-hydrogen) atoms. The summed E-state index contributed by atoms with van der Waals surface area (Å²) in [4.78, 5) is 12.4. The minimum absolute atomic E-state index is 0.0877. The Bertz CT molecular complexity index is 510. The summed E-state index contributed by atoms with van der Waals surface area (Å²) < 4.78 is 5.80. The van der Waals surface area contributed by atoms with Crippen molar-refractivity contribution in [3.8, 4) is 5.75 Å². The molecule has 1 aromatic rings. The van der Waals surface area contributed by atoms with E-state index in [1.165, 1.54) is 11.1 Å². The van der Waals surface area contributed by atoms with E-state index in [-0.39, 0.29) is 17.9 Å². The van der Waals surface area contributed by atoms with Crippen LogP contribution in [0, 0.1) is 19.3 Å². The van der Waals surface area contributed by atoms with Crippen LogP contribution in [0.2, 0.25) is 0 Å². The van der Waals surface area contributed by atoms with Gasteiger partial charge in [-0.15, -0.1) is 0 Å². The summed E-state index contributed by atoms with van der Waals surface area (Å²) in [7, 11) is 0. The van der Waals surface area contributed by atoms with Gasteiger partial charge in [-0.1, -0.05) is 19.9 Å². The largest absolute Gasteiger partial charge is 0.480 e. The van der Waals surface area contributed by atoms with Crippen LogP contribution in [-0.4, -0.2) is 30.3 Å². The first-order chi connectivity index (χ1) is 10.4. The number of fused-ring (bicyclic) bond motifs is 1. The normalized spacial score (nSPS) is 17.0. The van der Waals surface area contributed by atoms with Gasteiger partial charge in [-0.2, -0.15) is 0 Å². The summed E-state index contributed by atoms with van der Waals surface area (Å²) >= 11 is 0. The van der Waals surface area contributed by atoms with Gasteiger partial charge in [0.2, 0.25) is 0 Å². The maximum absolute atomic E-state index is 12.4. The molecule has 1 aliphatic rings. The quantitative estimate of drug-likeness (QED) is 0.849. The lowest BCUT2D eigenvalue weighted by molar-refractivity contribution is -0.128. The maximum Gasteiger partial charge on any atom is 0.261 e. The van der Waals surface area contributed by atoms with Crippen LogP contribution < -0.4 is 10.1 Å². The Morgan fingerprint density at radius 2 is 1.95 bits per heavy atom. The van der Waals surface area contributed by atoms with Crippen molar-refractivity contribution >= 4 is 5.91 Å². The number of carbonyl (C=O) groups excluding carboxylic acids is 1. The molecule has 2 rings (SSSR count). The molecule has 4 heteroatoms. The number of carbonyl (C=O) groups is 1. The summed E-state index contributed by atoms with van der Waals surface area (Å²) in [6, 6.07) is 4.11. The molecule has 0 fully saturated rings. The highest BCUT2D eigenvalue weighted by molar-refractivity contribution is 5.82. The Hall–Kier alpha value is -1.55. The van der Waals surface area contributed by atoms with Crippen LogP contribution in [0.25, 0.3) is 0 Å². The van der Waals surface area contributed by atoms with Crippen molar-refractivity contribution in [1.82, 2.24) is 5.32 Å². The van der Waals surface area contributed by atoms with E-state index in [1.54, 1.807) is 0 Å². The molecule has 0 aliphatic carbocycles. The van der Waals surface area contributed by atoms with Crippen molar-refractivity contribution in [2.24, 2.45) is 5.41 Å². The lowest BCUT2D eigenvalue weighted by Crippen LogP contribution is -2.44. The van der Waals surface area contributed by atoms with Gasteiger partial charge in [0.15, 0.2) is 6.10 Å². The lowest BCUT2D eigenvalue weighted by atomic mass is 9.83. The van der Waals surface area contributed by atoms with Crippen LogP contribution >= 0.6 is 0 Å². The van der Waals surface area contributed by atoms with Crippen LogP contribution in [0.1, 0.15) is 43.4 Å². The van der Waals surface area contributed by atoms with E-state index in [9.17, 15) is 9.90 Å². The van der Waals surface area contributed by atoms with E-state index >= 15 is 0 Å². The molecule has 1 atom stereocenters. The van der Waals surface area contributed by atoms with Crippen LogP contribution in [-0.2, 0) is 11.2 Å². The van der Waals surface area contributed by atoms with Gasteiger partial charge in [0, 0.05) is 18.4 Å². The minimum atomic E-state index is -0.457. The van der Waals surface area contributed by atoms with E-state index in [0.29, 0.717) is 13.0 Å². The van der Waals surface area contributed by atoms with E-state index in [0.717, 1.165) is 24.2 Å². The zero-order valence-electron chi connectivity index (χ0n) is 14.0. The smallest absolute Gasteiger partial charge is 0.261 e. The van der Waals surface area contributed by atoms with Gasteiger partial charge >= 0.3 is 0 Å². The third-order valence-electron chi connectivity index (χ3n) is 5.12. The molecule has 1 aliphatic heterocycles. The fraction of sp³-hybridized carbons (Fsp3) is 0.611. The summed E-state index contributed by atoms with van der Waals surface area (Å²) in [5.41, 5.74) is 3.27. The van der Waals surface area contributed by atoms with E-state index in [1.807, 2.05) is 26.8 Å². The van der Waals surface area contributed by atoms with E-state index in [2.05, 4.69) is 18.3 Å². The molecule has 0 spiro atoms. The molecule has 0 saturated heterocycles. The molecule has 0 saturated carbocycles. The number of aliphatic hydroxyl groups excluding tert-OH is 1. The molecule has 122 valence electrons. The van der Waals surface area contributed by atoms with E-state index < -0.39 is 6.10 Å². The fourth-order valence-electron chi connectivity index (χ4n) is 2.83. The number of nitrogens with one attached hydrogen (secondary N) is 1. The highest BCUT2D eigenvalue weighted by Gasteiger charge is 2.32. The molecule has 0 aromatic heterocycles. The highest BCUT2D eigenvalue weighted by atomic mass is 16.5. The highest BCUT2D eigenvalue weighted by Crippen LogP contribution is 2.31. The SMILES string of the molecule is CCC(CC)(CO)CNC(=O)C1Cc2cc(C)c(C)cc2O1. The average molecular weight is 305 g/mol. The number of hydrogen-bond donors (Lipinski definition) is 2. The van der Waals surface area contributed by atoms with Crippen molar-refractivity contribution in [3.05, 3.63) is 28.8 Å². The Balaban J connectivity index is 1.98. The monoisotopic (exact) mass is 305 g/mol. The molecule has 2 N–H and O–H groups in total. The van der Waals surface area contributed by atoms with E-state index in [4.69, 9.17) is 4.74 Å². The summed E-state index contributed by atoms with van der Waals surface area (Å²) in [6.45, 7) is 8.78. The predicted molar refractivity (Wildman–Crippen MR) is 87.1 cm³/mol. The zero-order valence-corrected chi connectivity index (χ0v) is 14.0. The Morgan fingerprint density at radius 3 is 2.55 bits per heavy atom. The molecular weight excluding hydrogens is 278 g/mol. The first kappa shape index (κ1) is 16.8. The van der Waals surface area contributed by atoms with Crippen LogP contribution in [0.5, 0.6) is 5.75 Å². The number of amides is 1. The van der Waals surface area contributed by atoms with Gasteiger partial charge in [-0.05, 0) is 49.4 Å². The zero-order chi connectivity index (χ0) is 16.3. The van der Waals surface area contributed by atoms with Gasteiger partial charge in [0.25, 0.3) is 5.91 Å². The molecule has 1 unspecified atom stereocenters. The van der Waals surface area contributed by atoms with Crippen molar-refractivity contribution in [3.63, 3.8) is 0 Å². The van der Waals surface area contributed by atoms with Crippen LogP contribution in [0.15, 0.2) is 12.1 Å². The summed E-state index contributed by atoms with van der Waals surface area (Å²) in [5, 5.41) is 12.5. The number of aryl methyl sites for hydroxylation is 2. The van der Waals surface area contributed by atoms with Gasteiger partial charge < -0.3 is 15.2 Å². The standard InChI is InChI=1S/C18H27NO3/c1-5-18(6-2,11-20)10-19-17(21)16-9-14-7-12(3)13(4)8-15(14)22-16/h7-8,16,20H,5-6,9-11H2,1-4H3,(H,19,21). The molecule has 1 heterocycles. The Morgan fingerprint density at radius 1 is 1.32 bits per heavy atom. The first-order valence-corrected chi connectivity index (χ1v) is 8.10. The second kappa shape index (κ2) is 6.69. The van der Waals surface area contributed by atoms with Gasteiger partial charge in [-0.25, -0.2) is 0 Å². The number of aliphatic hydroxyl groups is 1. The number of rotatable bonds is 6. The predicted octanol–water partition coefficient (Wildman–Crippen LogP) is 2.52. The van der Waals surface area contributed by atoms with Crippen LogP contribution in [0.3, 0.4) is 0 Å². The number of benzene rings is 1. The maximum atomic E-state index is 12.4. The molecule has 1 amide bonds. The van der Waals surface area contributed by atoms with Gasteiger partial charge in [0.05, 0.1) is 6.61 Å². The van der Waals surface area contributed by atoms with Crippen molar-refractivity contribution in [2.75, 3.05) is 13.2 Å². The Labute approximate surface area is 132 Å². The summed E-state index contributed by atoms with van der Waals surface area (Å²) in [5.74, 6) is 0.730. The first-order valence-electron chi connectivity index (χ1n) is 8.10. The molecule has 0 radical (unpaired) electrons. The van der Waals surface area contributed by atoms with Gasteiger partial charge in [0.1, 0.15) is 5.75 Å². The second-order valence-electron chi connectivity index (χ2n) is 6.44. The number of ether oxygens (including phenoxy) is 1. The number of hydrogen-bond acceptors (Lipinski definition) is 3. The lowest BCUT2D eigenvalue weighted by Gasteiger charge is -2.29. The minimum Gasteiger partial charge on any atom is -0.480 e. The summed E-state index contributed by atoms with van der Waals surface area (Å²) in [6.07, 6.45) is 1.84.